The molecule has 1 heterocycles. The SMILES string of the molecule is C=C(C)CCN1c2ccccc2Sc2ccccc21.CCc1ccccc1. The molecule has 4 rings (SSSR count). The molecule has 1 nitrogen and oxygen atoms in total. The highest BCUT2D eigenvalue weighted by Crippen LogP contribution is 2.47. The summed E-state index contributed by atoms with van der Waals surface area (Å²) in [6.45, 7) is 9.27. The second-order valence-corrected chi connectivity index (χ2v) is 7.82. The quantitative estimate of drug-likeness (QED) is 0.435. The fraction of sp³-hybridized carbons (Fsp3) is 0.200. The van der Waals surface area contributed by atoms with Crippen molar-refractivity contribution in [2.45, 2.75) is 36.5 Å². The topological polar surface area (TPSA) is 3.24 Å². The number of aryl methyl sites for hydroxylation is 1. The zero-order valence-corrected chi connectivity index (χ0v) is 17.0. The van der Waals surface area contributed by atoms with Crippen molar-refractivity contribution in [3.63, 3.8) is 0 Å². The Kier molecular flexibility index (Phi) is 6.78. The van der Waals surface area contributed by atoms with Crippen molar-refractivity contribution in [3.05, 3.63) is 96.6 Å². The van der Waals surface area contributed by atoms with Crippen LogP contribution in [-0.2, 0) is 6.42 Å². The number of benzene rings is 3. The van der Waals surface area contributed by atoms with E-state index in [4.69, 9.17) is 0 Å². The molecule has 0 aromatic heterocycles. The summed E-state index contributed by atoms with van der Waals surface area (Å²) >= 11 is 1.86. The summed E-state index contributed by atoms with van der Waals surface area (Å²) < 4.78 is 0. The molecular weight excluding hydrogens is 346 g/mol. The van der Waals surface area contributed by atoms with Gasteiger partial charge in [-0.25, -0.2) is 0 Å². The molecule has 0 spiro atoms. The third-order valence-corrected chi connectivity index (χ3v) is 5.68. The van der Waals surface area contributed by atoms with E-state index in [-0.39, 0.29) is 0 Å². The third-order valence-electron chi connectivity index (χ3n) is 4.55. The van der Waals surface area contributed by atoms with E-state index in [0.717, 1.165) is 19.4 Å². The van der Waals surface area contributed by atoms with Crippen LogP contribution in [0.5, 0.6) is 0 Å². The van der Waals surface area contributed by atoms with Crippen molar-refractivity contribution < 1.29 is 0 Å². The van der Waals surface area contributed by atoms with E-state index in [1.54, 1.807) is 0 Å². The molecule has 0 radical (unpaired) electrons. The van der Waals surface area contributed by atoms with E-state index in [1.807, 2.05) is 17.8 Å². The van der Waals surface area contributed by atoms with Gasteiger partial charge in [0.1, 0.15) is 0 Å². The molecule has 0 saturated heterocycles. The zero-order chi connectivity index (χ0) is 19.1. The lowest BCUT2D eigenvalue weighted by molar-refractivity contribution is 0.883. The molecule has 27 heavy (non-hydrogen) atoms. The largest absolute Gasteiger partial charge is 0.339 e. The van der Waals surface area contributed by atoms with Crippen molar-refractivity contribution in [3.8, 4) is 0 Å². The van der Waals surface area contributed by atoms with Gasteiger partial charge < -0.3 is 4.90 Å². The molecule has 0 saturated carbocycles. The van der Waals surface area contributed by atoms with E-state index < -0.39 is 0 Å². The minimum absolute atomic E-state index is 0.990. The van der Waals surface area contributed by atoms with Gasteiger partial charge in [-0.05, 0) is 49.6 Å². The molecule has 138 valence electrons. The zero-order valence-electron chi connectivity index (χ0n) is 16.2. The number of hydrogen-bond donors (Lipinski definition) is 0. The van der Waals surface area contributed by atoms with Gasteiger partial charge in [0.05, 0.1) is 11.4 Å². The van der Waals surface area contributed by atoms with Gasteiger partial charge >= 0.3 is 0 Å². The monoisotopic (exact) mass is 373 g/mol. The van der Waals surface area contributed by atoms with Crippen LogP contribution >= 0.6 is 11.8 Å². The first kappa shape index (κ1) is 19.3. The molecule has 0 N–H and O–H groups in total. The predicted octanol–water partition coefficient (Wildman–Crippen LogP) is 7.50. The Morgan fingerprint density at radius 3 is 1.81 bits per heavy atom. The van der Waals surface area contributed by atoms with E-state index in [0.29, 0.717) is 0 Å². The number of rotatable bonds is 4. The third kappa shape index (κ3) is 5.05. The summed E-state index contributed by atoms with van der Waals surface area (Å²) in [5.41, 5.74) is 5.26. The first-order valence-corrected chi connectivity index (χ1v) is 10.3. The number of hydrogen-bond acceptors (Lipinski definition) is 2. The molecule has 0 atom stereocenters. The Balaban J connectivity index is 0.000000221. The van der Waals surface area contributed by atoms with Crippen LogP contribution in [0.4, 0.5) is 11.4 Å². The molecular formula is C25H27NS. The molecule has 0 amide bonds. The maximum atomic E-state index is 4.02. The maximum Gasteiger partial charge on any atom is 0.0552 e. The Morgan fingerprint density at radius 2 is 1.33 bits per heavy atom. The fourth-order valence-electron chi connectivity index (χ4n) is 3.04. The molecule has 3 aromatic rings. The summed E-state index contributed by atoms with van der Waals surface area (Å²) in [7, 11) is 0. The lowest BCUT2D eigenvalue weighted by Crippen LogP contribution is -2.21. The van der Waals surface area contributed by atoms with E-state index in [2.05, 4.69) is 98.1 Å². The maximum absolute atomic E-state index is 4.02. The van der Waals surface area contributed by atoms with Gasteiger partial charge in [0.15, 0.2) is 0 Å². The highest BCUT2D eigenvalue weighted by molar-refractivity contribution is 7.99. The second kappa shape index (κ2) is 9.48. The highest BCUT2D eigenvalue weighted by Gasteiger charge is 2.22. The first-order chi connectivity index (χ1) is 13.2. The Bertz CT molecular complexity index is 840. The van der Waals surface area contributed by atoms with Crippen molar-refractivity contribution in [2.75, 3.05) is 11.4 Å². The van der Waals surface area contributed by atoms with Gasteiger partial charge in [0.2, 0.25) is 0 Å². The van der Waals surface area contributed by atoms with Crippen LogP contribution in [0, 0.1) is 0 Å². The van der Waals surface area contributed by atoms with E-state index >= 15 is 0 Å². The van der Waals surface area contributed by atoms with Crippen LogP contribution in [0.2, 0.25) is 0 Å². The van der Waals surface area contributed by atoms with Gasteiger partial charge in [0, 0.05) is 16.3 Å². The van der Waals surface area contributed by atoms with Gasteiger partial charge in [-0.15, -0.1) is 6.58 Å². The molecule has 2 heteroatoms. The van der Waals surface area contributed by atoms with Crippen LogP contribution in [-0.4, -0.2) is 6.54 Å². The van der Waals surface area contributed by atoms with Crippen molar-refractivity contribution in [2.24, 2.45) is 0 Å². The Morgan fingerprint density at radius 1 is 0.815 bits per heavy atom. The van der Waals surface area contributed by atoms with E-state index in [9.17, 15) is 0 Å². The molecule has 3 aromatic carbocycles. The molecule has 0 fully saturated rings. The number of nitrogens with zero attached hydrogens (tertiary/aromatic N) is 1. The normalized spacial score (nSPS) is 11.7. The number of para-hydroxylation sites is 2. The number of anilines is 2. The number of fused-ring (bicyclic) bond motifs is 2. The van der Waals surface area contributed by atoms with Crippen molar-refractivity contribution in [1.29, 1.82) is 0 Å². The Labute approximate surface area is 167 Å². The van der Waals surface area contributed by atoms with Crippen molar-refractivity contribution >= 4 is 23.1 Å². The molecule has 0 bridgehead atoms. The standard InChI is InChI=1S/C17H17NS.C8H10/c1-13(2)11-12-18-14-7-3-5-9-16(14)19-17-10-6-4-8-15(17)18;1-2-8-6-4-3-5-7-8/h3-10H,1,11-12H2,2H3;3-7H,2H2,1H3. The van der Waals surface area contributed by atoms with Crippen LogP contribution in [0.15, 0.2) is 101 Å². The summed E-state index contributed by atoms with van der Waals surface area (Å²) in [6.07, 6.45) is 2.16. The molecule has 0 unspecified atom stereocenters. The minimum Gasteiger partial charge on any atom is -0.339 e. The van der Waals surface area contributed by atoms with Crippen LogP contribution in [0.1, 0.15) is 25.8 Å². The minimum atomic E-state index is 0.990. The van der Waals surface area contributed by atoms with Gasteiger partial charge in [0.25, 0.3) is 0 Å². The molecule has 1 aliphatic heterocycles. The fourth-order valence-corrected chi connectivity index (χ4v) is 4.13. The van der Waals surface area contributed by atoms with Crippen LogP contribution < -0.4 is 4.90 Å². The smallest absolute Gasteiger partial charge is 0.0552 e. The van der Waals surface area contributed by atoms with E-state index in [1.165, 1.54) is 32.3 Å². The summed E-state index contributed by atoms with van der Waals surface area (Å²) in [6, 6.07) is 27.7. The summed E-state index contributed by atoms with van der Waals surface area (Å²) in [5.74, 6) is 0. The van der Waals surface area contributed by atoms with Crippen LogP contribution in [0.25, 0.3) is 0 Å². The average Bonchev–Trinajstić information content (AvgIpc) is 2.72. The van der Waals surface area contributed by atoms with Gasteiger partial charge in [-0.3, -0.25) is 0 Å². The molecule has 0 aliphatic carbocycles. The van der Waals surface area contributed by atoms with Crippen LogP contribution in [0.3, 0.4) is 0 Å². The molecule has 1 aliphatic rings. The van der Waals surface area contributed by atoms with Gasteiger partial charge in [-0.1, -0.05) is 78.9 Å². The average molecular weight is 374 g/mol. The predicted molar refractivity (Wildman–Crippen MR) is 119 cm³/mol. The lowest BCUT2D eigenvalue weighted by atomic mass is 10.2. The second-order valence-electron chi connectivity index (χ2n) is 6.74. The van der Waals surface area contributed by atoms with Crippen molar-refractivity contribution in [1.82, 2.24) is 0 Å². The lowest BCUT2D eigenvalue weighted by Gasteiger charge is -2.32. The Hall–Kier alpha value is -2.45. The summed E-state index contributed by atoms with van der Waals surface area (Å²) in [5, 5.41) is 0. The first-order valence-electron chi connectivity index (χ1n) is 9.50. The van der Waals surface area contributed by atoms with Gasteiger partial charge in [-0.2, -0.15) is 0 Å². The summed E-state index contributed by atoms with van der Waals surface area (Å²) in [4.78, 5) is 5.08. The highest BCUT2D eigenvalue weighted by atomic mass is 32.2.